The second-order valence-corrected chi connectivity index (χ2v) is 7.62. The normalized spacial score (nSPS) is 15.1. The summed E-state index contributed by atoms with van der Waals surface area (Å²) < 4.78 is 0. The Hall–Kier alpha value is -3.80. The number of amides is 4. The largest absolute Gasteiger partial charge is 0.289 e. The first-order valence-corrected chi connectivity index (χ1v) is 9.92. The summed E-state index contributed by atoms with van der Waals surface area (Å²) in [6.07, 6.45) is 4.51. The van der Waals surface area contributed by atoms with Gasteiger partial charge in [0, 0.05) is 30.2 Å². The zero-order valence-corrected chi connectivity index (χ0v) is 18.0. The van der Waals surface area contributed by atoms with Crippen LogP contribution >= 0.6 is 0 Å². The van der Waals surface area contributed by atoms with Crippen LogP contribution in [0.4, 0.5) is 5.69 Å². The van der Waals surface area contributed by atoms with E-state index in [4.69, 9.17) is 0 Å². The summed E-state index contributed by atoms with van der Waals surface area (Å²) >= 11 is 0. The lowest BCUT2D eigenvalue weighted by atomic mass is 9.96. The molecule has 4 rings (SSSR count). The smallest absolute Gasteiger partial charge is 0.258 e. The molecule has 0 aromatic heterocycles. The van der Waals surface area contributed by atoms with Gasteiger partial charge in [-0.05, 0) is 55.5 Å². The molecule has 2 aromatic carbocycles. The monoisotopic (exact) mass is 416 g/mol. The fourth-order valence-electron chi connectivity index (χ4n) is 3.68. The van der Waals surface area contributed by atoms with Crippen molar-refractivity contribution in [1.82, 2.24) is 5.32 Å². The molecular formula is C25H24N2O4. The summed E-state index contributed by atoms with van der Waals surface area (Å²) in [6, 6.07) is 11.7. The average Bonchev–Trinajstić information content (AvgIpc) is 3.20. The van der Waals surface area contributed by atoms with Crippen LogP contribution in [0.1, 0.15) is 27.8 Å². The van der Waals surface area contributed by atoms with Crippen LogP contribution in [0.5, 0.6) is 0 Å². The van der Waals surface area contributed by atoms with Crippen molar-refractivity contribution >= 4 is 29.3 Å². The van der Waals surface area contributed by atoms with E-state index in [-0.39, 0.29) is 23.6 Å². The highest BCUT2D eigenvalue weighted by Crippen LogP contribution is 2.27. The fourth-order valence-corrected chi connectivity index (χ4v) is 3.68. The molecule has 0 aliphatic carbocycles. The fraction of sp³-hybridized carbons (Fsp3) is 0.200. The number of nitrogens with one attached hydrogen (secondary N) is 1. The van der Waals surface area contributed by atoms with Gasteiger partial charge in [0.25, 0.3) is 23.6 Å². The molecule has 1 N–H and O–H groups in total. The predicted molar refractivity (Wildman–Crippen MR) is 118 cm³/mol. The highest BCUT2D eigenvalue weighted by Gasteiger charge is 2.27. The van der Waals surface area contributed by atoms with E-state index < -0.39 is 0 Å². The van der Waals surface area contributed by atoms with Crippen LogP contribution < -0.4 is 10.2 Å². The van der Waals surface area contributed by atoms with E-state index in [1.165, 1.54) is 23.1 Å². The molecule has 0 bridgehead atoms. The molecule has 6 heteroatoms. The zero-order valence-electron chi connectivity index (χ0n) is 18.0. The number of hydrogen-bond donors (Lipinski definition) is 1. The Kier molecular flexibility index (Phi) is 6.30. The Morgan fingerprint density at radius 2 is 1.23 bits per heavy atom. The van der Waals surface area contributed by atoms with Gasteiger partial charge in [-0.25, -0.2) is 4.90 Å². The van der Waals surface area contributed by atoms with Gasteiger partial charge in [-0.1, -0.05) is 36.4 Å². The average molecular weight is 416 g/mol. The highest BCUT2D eigenvalue weighted by atomic mass is 16.2. The number of imide groups is 2. The molecule has 2 heterocycles. The molecule has 0 radical (unpaired) electrons. The topological polar surface area (TPSA) is 83.6 Å². The van der Waals surface area contributed by atoms with Crippen LogP contribution in [0.3, 0.4) is 0 Å². The van der Waals surface area contributed by atoms with Gasteiger partial charge in [0.2, 0.25) is 0 Å². The summed E-state index contributed by atoms with van der Waals surface area (Å²) in [4.78, 5) is 46.7. The minimum absolute atomic E-state index is 0.266. The third-order valence-corrected chi connectivity index (χ3v) is 5.32. The molecule has 0 atom stereocenters. The zero-order chi connectivity index (χ0) is 22.7. The number of carbonyl (C=O) groups is 4. The Bertz CT molecular complexity index is 1100. The van der Waals surface area contributed by atoms with Crippen molar-refractivity contribution in [1.29, 1.82) is 0 Å². The van der Waals surface area contributed by atoms with Gasteiger partial charge in [-0.2, -0.15) is 0 Å². The van der Waals surface area contributed by atoms with Crippen molar-refractivity contribution < 1.29 is 19.2 Å². The van der Waals surface area contributed by atoms with Crippen LogP contribution in [0.15, 0.2) is 60.2 Å². The van der Waals surface area contributed by atoms with E-state index in [9.17, 15) is 19.2 Å². The number of rotatable bonds is 3. The quantitative estimate of drug-likeness (QED) is 0.779. The lowest BCUT2D eigenvalue weighted by molar-refractivity contribution is -0.124. The first-order valence-electron chi connectivity index (χ1n) is 9.92. The first kappa shape index (κ1) is 21.9. The molecule has 0 saturated carbocycles. The second kappa shape index (κ2) is 8.92. The third-order valence-electron chi connectivity index (χ3n) is 5.32. The number of para-hydroxylation sites is 1. The van der Waals surface area contributed by atoms with Crippen molar-refractivity contribution in [3.05, 3.63) is 88.0 Å². The number of nitrogens with zero attached hydrogens (tertiary/aromatic N) is 1. The summed E-state index contributed by atoms with van der Waals surface area (Å²) in [5.41, 5.74) is 6.53. The van der Waals surface area contributed by atoms with Gasteiger partial charge in [0.05, 0.1) is 5.69 Å². The number of hydrogen-bond acceptors (Lipinski definition) is 4. The van der Waals surface area contributed by atoms with Gasteiger partial charge in [-0.3, -0.25) is 24.5 Å². The molecule has 4 amide bonds. The summed E-state index contributed by atoms with van der Waals surface area (Å²) in [6.45, 7) is 7.80. The third kappa shape index (κ3) is 4.69. The van der Waals surface area contributed by atoms with E-state index in [1.807, 2.05) is 64.1 Å². The van der Waals surface area contributed by atoms with Gasteiger partial charge in [0.1, 0.15) is 0 Å². The second-order valence-electron chi connectivity index (χ2n) is 7.62. The lowest BCUT2D eigenvalue weighted by Crippen LogP contribution is -2.30. The number of carbonyl (C=O) groups excluding carboxylic acids is 4. The van der Waals surface area contributed by atoms with E-state index >= 15 is 0 Å². The Labute approximate surface area is 181 Å². The van der Waals surface area contributed by atoms with Crippen LogP contribution in [-0.4, -0.2) is 23.6 Å². The maximum atomic E-state index is 11.5. The maximum Gasteiger partial charge on any atom is 0.258 e. The molecule has 0 spiro atoms. The molecule has 2 aliphatic heterocycles. The molecule has 0 unspecified atom stereocenters. The number of benzene rings is 2. The van der Waals surface area contributed by atoms with Gasteiger partial charge in [-0.15, -0.1) is 0 Å². The summed E-state index contributed by atoms with van der Waals surface area (Å²) in [5, 5.41) is 2.26. The van der Waals surface area contributed by atoms with E-state index in [1.54, 1.807) is 0 Å². The first-order chi connectivity index (χ1) is 14.7. The highest BCUT2D eigenvalue weighted by molar-refractivity contribution is 6.28. The van der Waals surface area contributed by atoms with Gasteiger partial charge >= 0.3 is 0 Å². The molecule has 6 nitrogen and oxygen atoms in total. The molecular weight excluding hydrogens is 392 g/mol. The molecule has 0 saturated heterocycles. The summed E-state index contributed by atoms with van der Waals surface area (Å²) in [5.74, 6) is -1.12. The van der Waals surface area contributed by atoms with Gasteiger partial charge < -0.3 is 0 Å². The number of aryl methyl sites for hydroxylation is 4. The van der Waals surface area contributed by atoms with Gasteiger partial charge in [0.15, 0.2) is 0 Å². The minimum atomic E-state index is -0.314. The molecule has 2 aliphatic rings. The molecule has 31 heavy (non-hydrogen) atoms. The molecule has 2 aromatic rings. The predicted octanol–water partition coefficient (Wildman–Crippen LogP) is 3.16. The Morgan fingerprint density at radius 1 is 0.742 bits per heavy atom. The standard InChI is InChI=1S/C13H13NO2.C12H11NO2/c1-8-4-3-5-9(2)11(8)6-10-7-12(15)14-13(10)16;1-8-4-3-5-9(2)12(8)13-10(14)6-7-11(13)15/h3-5,7H,6H2,1-2H3,(H,14,15,16);3-7H,1-2H3. The van der Waals surface area contributed by atoms with Crippen molar-refractivity contribution in [2.24, 2.45) is 0 Å². The van der Waals surface area contributed by atoms with Crippen LogP contribution in [0.2, 0.25) is 0 Å². The van der Waals surface area contributed by atoms with Crippen molar-refractivity contribution in [3.8, 4) is 0 Å². The minimum Gasteiger partial charge on any atom is -0.289 e. The van der Waals surface area contributed by atoms with Crippen molar-refractivity contribution in [3.63, 3.8) is 0 Å². The molecule has 0 fully saturated rings. The molecule has 158 valence electrons. The Morgan fingerprint density at radius 3 is 1.68 bits per heavy atom. The number of anilines is 1. The van der Waals surface area contributed by atoms with Crippen molar-refractivity contribution in [2.45, 2.75) is 34.1 Å². The van der Waals surface area contributed by atoms with E-state index in [2.05, 4.69) is 5.32 Å². The van der Waals surface area contributed by atoms with Crippen LogP contribution in [0, 0.1) is 27.7 Å². The maximum absolute atomic E-state index is 11.5. The Balaban J connectivity index is 0.000000176. The lowest BCUT2D eigenvalue weighted by Gasteiger charge is -2.18. The SMILES string of the molecule is Cc1cccc(C)c1CC1=CC(=O)NC1=O.Cc1cccc(C)c1N1C(=O)C=CC1=O. The van der Waals surface area contributed by atoms with Crippen LogP contribution in [0.25, 0.3) is 0 Å². The van der Waals surface area contributed by atoms with E-state index in [0.29, 0.717) is 17.7 Å². The van der Waals surface area contributed by atoms with E-state index in [0.717, 1.165) is 27.8 Å². The van der Waals surface area contributed by atoms with Crippen LogP contribution in [-0.2, 0) is 25.6 Å². The van der Waals surface area contributed by atoms with Crippen molar-refractivity contribution in [2.75, 3.05) is 4.90 Å². The summed E-state index contributed by atoms with van der Waals surface area (Å²) in [7, 11) is 0.